The number of benzene rings is 2. The van der Waals surface area contributed by atoms with Crippen LogP contribution in [0.15, 0.2) is 60.7 Å². The Bertz CT molecular complexity index is 771. The third-order valence-corrected chi connectivity index (χ3v) is 5.51. The van der Waals surface area contributed by atoms with Crippen molar-refractivity contribution in [3.05, 3.63) is 71.8 Å². The minimum atomic E-state index is -3.36. The van der Waals surface area contributed by atoms with E-state index >= 15 is 0 Å². The molecule has 7 heteroatoms. The molecule has 0 fully saturated rings. The molecule has 1 amide bonds. The Kier molecular flexibility index (Phi) is 7.97. The molecule has 6 nitrogen and oxygen atoms in total. The van der Waals surface area contributed by atoms with Crippen LogP contribution in [0.25, 0.3) is 0 Å². The zero-order valence-corrected chi connectivity index (χ0v) is 16.5. The van der Waals surface area contributed by atoms with E-state index in [-0.39, 0.29) is 25.5 Å². The minimum Gasteiger partial charge on any atom is -0.383 e. The predicted octanol–water partition coefficient (Wildman–Crippen LogP) is 1.84. The van der Waals surface area contributed by atoms with E-state index in [2.05, 4.69) is 5.32 Å². The summed E-state index contributed by atoms with van der Waals surface area (Å²) in [6.45, 7) is 0.986. The molecule has 0 saturated heterocycles. The van der Waals surface area contributed by atoms with E-state index < -0.39 is 15.9 Å². The average molecular weight is 391 g/mol. The molecule has 0 aromatic heterocycles. The molecular weight excluding hydrogens is 364 g/mol. The largest absolute Gasteiger partial charge is 0.383 e. The van der Waals surface area contributed by atoms with Crippen molar-refractivity contribution in [2.75, 3.05) is 39.6 Å². The summed E-state index contributed by atoms with van der Waals surface area (Å²) in [5.41, 5.74) is 1.78. The van der Waals surface area contributed by atoms with Crippen LogP contribution in [0.4, 0.5) is 0 Å². The molecule has 0 atom stereocenters. The molecule has 2 aromatic carbocycles. The second-order valence-electron chi connectivity index (χ2n) is 6.20. The highest BCUT2D eigenvalue weighted by Gasteiger charge is 2.23. The standard InChI is InChI=1S/C20H26N2O4S/c1-26-16-15-22(27(2,24)25)14-13-21-20(23)19(17-9-5-3-6-10-17)18-11-7-4-8-12-18/h3-12,19H,13-16H2,1-2H3,(H,21,23). The number of sulfonamides is 1. The van der Waals surface area contributed by atoms with Crippen LogP contribution >= 0.6 is 0 Å². The van der Waals surface area contributed by atoms with Crippen molar-refractivity contribution in [1.82, 2.24) is 9.62 Å². The van der Waals surface area contributed by atoms with Crippen LogP contribution in [-0.4, -0.2) is 58.2 Å². The van der Waals surface area contributed by atoms with Crippen LogP contribution in [0.2, 0.25) is 0 Å². The van der Waals surface area contributed by atoms with Crippen molar-refractivity contribution in [2.45, 2.75) is 5.92 Å². The van der Waals surface area contributed by atoms with Gasteiger partial charge in [0.25, 0.3) is 0 Å². The molecular formula is C20H26N2O4S. The monoisotopic (exact) mass is 390 g/mol. The van der Waals surface area contributed by atoms with Gasteiger partial charge in [-0.25, -0.2) is 8.42 Å². The van der Waals surface area contributed by atoms with E-state index in [1.165, 1.54) is 11.4 Å². The summed E-state index contributed by atoms with van der Waals surface area (Å²) in [7, 11) is -1.84. The summed E-state index contributed by atoms with van der Waals surface area (Å²) >= 11 is 0. The first-order valence-corrected chi connectivity index (χ1v) is 10.6. The second-order valence-corrected chi connectivity index (χ2v) is 8.18. The molecule has 0 bridgehead atoms. The number of amides is 1. The molecule has 0 aliphatic heterocycles. The van der Waals surface area contributed by atoms with Crippen molar-refractivity contribution in [3.8, 4) is 0 Å². The van der Waals surface area contributed by atoms with E-state index in [9.17, 15) is 13.2 Å². The summed E-state index contributed by atoms with van der Waals surface area (Å²) in [5, 5.41) is 2.87. The number of nitrogens with zero attached hydrogens (tertiary/aromatic N) is 1. The van der Waals surface area contributed by atoms with Gasteiger partial charge in [-0.15, -0.1) is 0 Å². The van der Waals surface area contributed by atoms with Gasteiger partial charge in [0.15, 0.2) is 0 Å². The van der Waals surface area contributed by atoms with Gasteiger partial charge in [-0.2, -0.15) is 4.31 Å². The fraction of sp³-hybridized carbons (Fsp3) is 0.350. The summed E-state index contributed by atoms with van der Waals surface area (Å²) in [4.78, 5) is 12.9. The summed E-state index contributed by atoms with van der Waals surface area (Å²) < 4.78 is 30.0. The van der Waals surface area contributed by atoms with Gasteiger partial charge in [0.1, 0.15) is 0 Å². The predicted molar refractivity (Wildman–Crippen MR) is 106 cm³/mol. The normalized spacial score (nSPS) is 11.7. The molecule has 0 saturated carbocycles. The molecule has 0 aliphatic carbocycles. The van der Waals surface area contributed by atoms with Gasteiger partial charge in [0.05, 0.1) is 18.8 Å². The lowest BCUT2D eigenvalue weighted by molar-refractivity contribution is -0.121. The van der Waals surface area contributed by atoms with E-state index in [0.717, 1.165) is 17.4 Å². The van der Waals surface area contributed by atoms with Gasteiger partial charge in [-0.1, -0.05) is 60.7 Å². The third-order valence-electron chi connectivity index (χ3n) is 4.20. The number of ether oxygens (including phenoxy) is 1. The summed E-state index contributed by atoms with van der Waals surface area (Å²) in [6, 6.07) is 19.1. The van der Waals surface area contributed by atoms with Crippen LogP contribution in [0, 0.1) is 0 Å². The van der Waals surface area contributed by atoms with Crippen molar-refractivity contribution >= 4 is 15.9 Å². The van der Waals surface area contributed by atoms with Gasteiger partial charge in [-0.05, 0) is 11.1 Å². The maximum atomic E-state index is 12.9. The Morgan fingerprint density at radius 2 is 1.52 bits per heavy atom. The Morgan fingerprint density at radius 1 is 1.00 bits per heavy atom. The van der Waals surface area contributed by atoms with Crippen LogP contribution < -0.4 is 5.32 Å². The van der Waals surface area contributed by atoms with E-state index in [0.29, 0.717) is 6.61 Å². The first-order valence-electron chi connectivity index (χ1n) is 8.75. The van der Waals surface area contributed by atoms with Crippen molar-refractivity contribution in [3.63, 3.8) is 0 Å². The Labute approximate surface area is 161 Å². The maximum absolute atomic E-state index is 12.9. The highest BCUT2D eigenvalue weighted by Crippen LogP contribution is 2.24. The average Bonchev–Trinajstić information content (AvgIpc) is 2.65. The fourth-order valence-electron chi connectivity index (χ4n) is 2.83. The number of carbonyl (C=O) groups is 1. The smallest absolute Gasteiger partial charge is 0.232 e. The van der Waals surface area contributed by atoms with Crippen molar-refractivity contribution in [2.24, 2.45) is 0 Å². The van der Waals surface area contributed by atoms with Crippen LogP contribution in [0.5, 0.6) is 0 Å². The molecule has 0 aliphatic rings. The van der Waals surface area contributed by atoms with E-state index in [4.69, 9.17) is 4.74 Å². The van der Waals surface area contributed by atoms with Crippen LogP contribution in [0.3, 0.4) is 0 Å². The number of hydrogen-bond donors (Lipinski definition) is 1. The Hall–Kier alpha value is -2.22. The SMILES string of the molecule is COCCN(CCNC(=O)C(c1ccccc1)c1ccccc1)S(C)(=O)=O. The summed E-state index contributed by atoms with van der Waals surface area (Å²) in [6.07, 6.45) is 1.15. The molecule has 1 N–H and O–H groups in total. The topological polar surface area (TPSA) is 75.7 Å². The number of methoxy groups -OCH3 is 1. The lowest BCUT2D eigenvalue weighted by Gasteiger charge is -2.21. The minimum absolute atomic E-state index is 0.160. The molecule has 0 spiro atoms. The zero-order valence-electron chi connectivity index (χ0n) is 15.7. The molecule has 0 radical (unpaired) electrons. The lowest BCUT2D eigenvalue weighted by atomic mass is 9.90. The maximum Gasteiger partial charge on any atom is 0.232 e. The van der Waals surface area contributed by atoms with E-state index in [1.54, 1.807) is 0 Å². The van der Waals surface area contributed by atoms with Gasteiger partial charge in [0.2, 0.25) is 15.9 Å². The number of rotatable bonds is 10. The quantitative estimate of drug-likeness (QED) is 0.672. The second kappa shape index (κ2) is 10.2. The number of nitrogens with one attached hydrogen (secondary N) is 1. The molecule has 2 rings (SSSR count). The Balaban J connectivity index is 2.08. The summed E-state index contributed by atoms with van der Waals surface area (Å²) in [5.74, 6) is -0.606. The van der Waals surface area contributed by atoms with E-state index in [1.807, 2.05) is 60.7 Å². The zero-order chi connectivity index (χ0) is 19.7. The highest BCUT2D eigenvalue weighted by molar-refractivity contribution is 7.88. The lowest BCUT2D eigenvalue weighted by Crippen LogP contribution is -2.41. The molecule has 2 aromatic rings. The van der Waals surface area contributed by atoms with Gasteiger partial charge >= 0.3 is 0 Å². The molecule has 146 valence electrons. The van der Waals surface area contributed by atoms with Gasteiger partial charge < -0.3 is 10.1 Å². The van der Waals surface area contributed by atoms with Crippen LogP contribution in [-0.2, 0) is 19.6 Å². The first-order chi connectivity index (χ1) is 12.9. The molecule has 0 heterocycles. The molecule has 27 heavy (non-hydrogen) atoms. The molecule has 0 unspecified atom stereocenters. The van der Waals surface area contributed by atoms with Gasteiger partial charge in [0, 0.05) is 26.7 Å². The Morgan fingerprint density at radius 3 is 1.96 bits per heavy atom. The number of carbonyl (C=O) groups excluding carboxylic acids is 1. The third kappa shape index (κ3) is 6.46. The fourth-order valence-corrected chi connectivity index (χ4v) is 3.66. The van der Waals surface area contributed by atoms with Crippen LogP contribution in [0.1, 0.15) is 17.0 Å². The first kappa shape index (κ1) is 21.1. The van der Waals surface area contributed by atoms with Crippen molar-refractivity contribution < 1.29 is 17.9 Å². The number of hydrogen-bond acceptors (Lipinski definition) is 4. The van der Waals surface area contributed by atoms with Crippen molar-refractivity contribution in [1.29, 1.82) is 0 Å². The highest BCUT2D eigenvalue weighted by atomic mass is 32.2. The van der Waals surface area contributed by atoms with Gasteiger partial charge in [-0.3, -0.25) is 4.79 Å².